The summed E-state index contributed by atoms with van der Waals surface area (Å²) in [7, 11) is 0. The highest BCUT2D eigenvalue weighted by molar-refractivity contribution is 7.98. The highest BCUT2D eigenvalue weighted by atomic mass is 32.2. The fourth-order valence-corrected chi connectivity index (χ4v) is 1.84. The van der Waals surface area contributed by atoms with Crippen LogP contribution in [-0.4, -0.2) is 25.8 Å². The van der Waals surface area contributed by atoms with Gasteiger partial charge < -0.3 is 0 Å². The van der Waals surface area contributed by atoms with Crippen LogP contribution in [0.2, 0.25) is 0 Å². The van der Waals surface area contributed by atoms with Crippen molar-refractivity contribution < 1.29 is 9.72 Å². The van der Waals surface area contributed by atoms with E-state index in [0.717, 1.165) is 11.9 Å². The van der Waals surface area contributed by atoms with Gasteiger partial charge in [-0.3, -0.25) is 14.8 Å². The topological polar surface area (TPSA) is 115 Å². The van der Waals surface area contributed by atoms with E-state index < -0.39 is 11.0 Å². The number of hydrogen-bond acceptors (Lipinski definition) is 6. The van der Waals surface area contributed by atoms with Crippen LogP contribution in [0.15, 0.2) is 41.8 Å². The minimum atomic E-state index is -0.553. The molecule has 0 atom stereocenters. The molecule has 0 saturated heterocycles. The molecule has 0 unspecified atom stereocenters. The molecule has 0 spiro atoms. The lowest BCUT2D eigenvalue weighted by atomic mass is 10.3. The van der Waals surface area contributed by atoms with Crippen molar-refractivity contribution in [3.8, 4) is 0 Å². The molecule has 2 aromatic rings. The monoisotopic (exact) mass is 280 g/mol. The molecule has 0 aliphatic carbocycles. The first-order chi connectivity index (χ1) is 9.16. The standard InChI is InChI=1S/C9H8N6O3S/c16-9(12-14-5-10-11-6-14)13-19-8-4-2-1-3-7(8)15(17)18/h1-6H,(H2,12,13,16). The molecule has 0 radical (unpaired) electrons. The van der Waals surface area contributed by atoms with E-state index >= 15 is 0 Å². The molecule has 9 nitrogen and oxygen atoms in total. The van der Waals surface area contributed by atoms with Gasteiger partial charge in [0.05, 0.1) is 4.92 Å². The zero-order chi connectivity index (χ0) is 13.7. The number of carbonyl (C=O) groups excluding carboxylic acids is 1. The zero-order valence-electron chi connectivity index (χ0n) is 9.39. The van der Waals surface area contributed by atoms with Crippen LogP contribution in [0.1, 0.15) is 0 Å². The van der Waals surface area contributed by atoms with Gasteiger partial charge in [0.2, 0.25) is 0 Å². The Kier molecular flexibility index (Phi) is 3.93. The Balaban J connectivity index is 1.95. The van der Waals surface area contributed by atoms with Crippen molar-refractivity contribution in [3.63, 3.8) is 0 Å². The summed E-state index contributed by atoms with van der Waals surface area (Å²) in [6.45, 7) is 0. The van der Waals surface area contributed by atoms with E-state index in [-0.39, 0.29) is 5.69 Å². The maximum absolute atomic E-state index is 11.5. The zero-order valence-corrected chi connectivity index (χ0v) is 10.2. The second kappa shape index (κ2) is 5.82. The third-order valence-corrected chi connectivity index (χ3v) is 2.82. The third kappa shape index (κ3) is 3.42. The predicted octanol–water partition coefficient (Wildman–Crippen LogP) is 1.15. The predicted molar refractivity (Wildman–Crippen MR) is 66.9 cm³/mol. The van der Waals surface area contributed by atoms with Crippen molar-refractivity contribution in [1.82, 2.24) is 19.6 Å². The normalized spacial score (nSPS) is 9.89. The number of hydrogen-bond donors (Lipinski definition) is 2. The van der Waals surface area contributed by atoms with Crippen LogP contribution >= 0.6 is 11.9 Å². The van der Waals surface area contributed by atoms with Gasteiger partial charge in [-0.05, 0) is 18.0 Å². The maximum atomic E-state index is 11.5. The lowest BCUT2D eigenvalue weighted by Crippen LogP contribution is -2.29. The summed E-state index contributed by atoms with van der Waals surface area (Å²) < 4.78 is 3.66. The fraction of sp³-hybridized carbons (Fsp3) is 0. The first-order valence-corrected chi connectivity index (χ1v) is 5.80. The van der Waals surface area contributed by atoms with Crippen LogP contribution < -0.4 is 10.1 Å². The molecule has 2 amide bonds. The molecule has 1 aromatic carbocycles. The number of aromatic nitrogens is 3. The summed E-state index contributed by atoms with van der Waals surface area (Å²) in [4.78, 5) is 22.1. The summed E-state index contributed by atoms with van der Waals surface area (Å²) in [6.07, 6.45) is 2.60. The van der Waals surface area contributed by atoms with Gasteiger partial charge in [-0.25, -0.2) is 14.9 Å². The van der Waals surface area contributed by atoms with Crippen molar-refractivity contribution in [2.24, 2.45) is 0 Å². The van der Waals surface area contributed by atoms with Crippen LogP contribution in [0.25, 0.3) is 0 Å². The van der Waals surface area contributed by atoms with Crippen molar-refractivity contribution in [3.05, 3.63) is 47.0 Å². The second-order valence-electron chi connectivity index (χ2n) is 3.24. The van der Waals surface area contributed by atoms with Gasteiger partial charge >= 0.3 is 6.03 Å². The van der Waals surface area contributed by atoms with E-state index in [4.69, 9.17) is 0 Å². The molecule has 0 fully saturated rings. The number of carbonyl (C=O) groups is 1. The molecule has 0 saturated carbocycles. The SMILES string of the molecule is O=C(NSc1ccccc1[N+](=O)[O-])Nn1cnnc1. The number of nitro benzene ring substituents is 1. The summed E-state index contributed by atoms with van der Waals surface area (Å²) in [5, 5.41) is 17.8. The number of nitrogens with zero attached hydrogens (tertiary/aromatic N) is 4. The molecule has 1 aromatic heterocycles. The Morgan fingerprint density at radius 3 is 2.68 bits per heavy atom. The largest absolute Gasteiger partial charge is 0.344 e. The quantitative estimate of drug-likeness (QED) is 0.493. The average molecular weight is 280 g/mol. The summed E-state index contributed by atoms with van der Waals surface area (Å²) in [5.41, 5.74) is 2.32. The molecule has 10 heteroatoms. The first-order valence-electron chi connectivity index (χ1n) is 4.98. The number of rotatable bonds is 4. The molecule has 0 aliphatic heterocycles. The molecule has 0 aliphatic rings. The molecular weight excluding hydrogens is 272 g/mol. The van der Waals surface area contributed by atoms with Crippen LogP contribution in [0.4, 0.5) is 10.5 Å². The van der Waals surface area contributed by atoms with Gasteiger partial charge in [0, 0.05) is 6.07 Å². The van der Waals surface area contributed by atoms with Crippen LogP contribution in [0.5, 0.6) is 0 Å². The van der Waals surface area contributed by atoms with Crippen LogP contribution in [0.3, 0.4) is 0 Å². The van der Waals surface area contributed by atoms with Gasteiger partial charge in [0.1, 0.15) is 17.6 Å². The Morgan fingerprint density at radius 2 is 2.00 bits per heavy atom. The minimum Gasteiger partial charge on any atom is -0.276 e. The highest BCUT2D eigenvalue weighted by Crippen LogP contribution is 2.26. The molecule has 1 heterocycles. The van der Waals surface area contributed by atoms with Crippen molar-refractivity contribution in [2.75, 3.05) is 5.43 Å². The van der Waals surface area contributed by atoms with Gasteiger partial charge in [0.25, 0.3) is 5.69 Å². The minimum absolute atomic E-state index is 0.0721. The van der Waals surface area contributed by atoms with Crippen LogP contribution in [-0.2, 0) is 0 Å². The average Bonchev–Trinajstić information content (AvgIpc) is 2.89. The van der Waals surface area contributed by atoms with Gasteiger partial charge in [-0.15, -0.1) is 10.2 Å². The van der Waals surface area contributed by atoms with Gasteiger partial charge in [-0.2, -0.15) is 0 Å². The first kappa shape index (κ1) is 12.8. The Labute approximate surface area is 111 Å². The molecular formula is C9H8N6O3S. The molecule has 0 bridgehead atoms. The van der Waals surface area contributed by atoms with Gasteiger partial charge in [0.15, 0.2) is 0 Å². The summed E-state index contributed by atoms with van der Waals surface area (Å²) in [6, 6.07) is 5.56. The van der Waals surface area contributed by atoms with Crippen molar-refractivity contribution >= 4 is 23.7 Å². The highest BCUT2D eigenvalue weighted by Gasteiger charge is 2.13. The molecule has 19 heavy (non-hydrogen) atoms. The van der Waals surface area contributed by atoms with E-state index in [9.17, 15) is 14.9 Å². The number of nitrogens with one attached hydrogen (secondary N) is 2. The summed E-state index contributed by atoms with van der Waals surface area (Å²) >= 11 is 0.847. The van der Waals surface area contributed by atoms with E-state index in [1.54, 1.807) is 18.2 Å². The van der Waals surface area contributed by atoms with Crippen LogP contribution in [0, 0.1) is 10.1 Å². The number of benzene rings is 1. The Bertz CT molecular complexity index is 587. The molecule has 2 N–H and O–H groups in total. The maximum Gasteiger partial charge on any atom is 0.344 e. The number of para-hydroxylation sites is 1. The lowest BCUT2D eigenvalue weighted by Gasteiger charge is -2.06. The number of nitro groups is 1. The van der Waals surface area contributed by atoms with Crippen molar-refractivity contribution in [2.45, 2.75) is 4.90 Å². The molecule has 2 rings (SSSR count). The van der Waals surface area contributed by atoms with E-state index in [1.807, 2.05) is 0 Å². The third-order valence-electron chi connectivity index (χ3n) is 1.97. The lowest BCUT2D eigenvalue weighted by molar-refractivity contribution is -0.387. The van der Waals surface area contributed by atoms with Crippen molar-refractivity contribution in [1.29, 1.82) is 0 Å². The summed E-state index contributed by atoms with van der Waals surface area (Å²) in [5.74, 6) is 0. The Morgan fingerprint density at radius 1 is 1.32 bits per heavy atom. The van der Waals surface area contributed by atoms with E-state index in [1.165, 1.54) is 23.4 Å². The van der Waals surface area contributed by atoms with E-state index in [0.29, 0.717) is 4.90 Å². The second-order valence-corrected chi connectivity index (χ2v) is 4.09. The number of amides is 2. The smallest absolute Gasteiger partial charge is 0.276 e. The number of urea groups is 1. The Hall–Kier alpha value is -2.62. The fourth-order valence-electron chi connectivity index (χ4n) is 1.19. The molecule has 98 valence electrons. The van der Waals surface area contributed by atoms with E-state index in [2.05, 4.69) is 20.3 Å². The van der Waals surface area contributed by atoms with Gasteiger partial charge in [-0.1, -0.05) is 12.1 Å².